The first kappa shape index (κ1) is 17.7. The van der Waals surface area contributed by atoms with Gasteiger partial charge in [0.2, 0.25) is 0 Å². The smallest absolute Gasteiger partial charge is 0.303 e. The third kappa shape index (κ3) is 11.0. The van der Waals surface area contributed by atoms with Crippen molar-refractivity contribution >= 4 is 5.97 Å². The molecule has 0 saturated carbocycles. The molecule has 1 rings (SSSR count). The van der Waals surface area contributed by atoms with Crippen molar-refractivity contribution in [2.24, 2.45) is 0 Å². The topological polar surface area (TPSA) is 55.8 Å². The van der Waals surface area contributed by atoms with E-state index in [0.717, 1.165) is 37.7 Å². The van der Waals surface area contributed by atoms with E-state index >= 15 is 0 Å². The normalized spacial score (nSPS) is 10.7. The molecule has 0 unspecified atom stereocenters. The molecule has 0 spiro atoms. The summed E-state index contributed by atoms with van der Waals surface area (Å²) in [5.74, 6) is -0.692. The van der Waals surface area contributed by atoms with Gasteiger partial charge in [-0.2, -0.15) is 0 Å². The summed E-state index contributed by atoms with van der Waals surface area (Å²) in [6.07, 6.45) is 7.72. The molecule has 0 radical (unpaired) electrons. The minimum absolute atomic E-state index is 0.298. The minimum Gasteiger partial charge on any atom is -0.481 e. The summed E-state index contributed by atoms with van der Waals surface area (Å²) in [7, 11) is 0. The third-order valence-corrected chi connectivity index (χ3v) is 3.27. The summed E-state index contributed by atoms with van der Waals surface area (Å²) >= 11 is 0. The van der Waals surface area contributed by atoms with E-state index in [0.29, 0.717) is 19.6 Å². The van der Waals surface area contributed by atoms with Crippen molar-refractivity contribution in [3.63, 3.8) is 0 Å². The van der Waals surface area contributed by atoms with Crippen molar-refractivity contribution < 1.29 is 19.7 Å². The van der Waals surface area contributed by atoms with Crippen LogP contribution in [0.15, 0.2) is 30.3 Å². The first-order chi connectivity index (χ1) is 10.3. The van der Waals surface area contributed by atoms with Gasteiger partial charge in [0.1, 0.15) is 6.61 Å². The third-order valence-electron chi connectivity index (χ3n) is 3.27. The molecule has 0 aliphatic rings. The number of aliphatic carboxylic acids is 1. The molecule has 118 valence electrons. The first-order valence-electron chi connectivity index (χ1n) is 7.79. The van der Waals surface area contributed by atoms with E-state index in [1.54, 1.807) is 0 Å². The van der Waals surface area contributed by atoms with E-state index in [9.17, 15) is 4.79 Å². The lowest BCUT2D eigenvalue weighted by Gasteiger charge is -2.04. The minimum atomic E-state index is -0.692. The van der Waals surface area contributed by atoms with Gasteiger partial charge >= 0.3 is 5.97 Å². The molecule has 0 saturated heterocycles. The molecular formula is C17H26O4. The Labute approximate surface area is 127 Å². The zero-order chi connectivity index (χ0) is 15.2. The number of unbranched alkanes of at least 4 members (excludes halogenated alkanes) is 6. The molecule has 1 aromatic carbocycles. The lowest BCUT2D eigenvalue weighted by Crippen LogP contribution is -1.97. The molecule has 0 aromatic heterocycles. The summed E-state index contributed by atoms with van der Waals surface area (Å²) in [4.78, 5) is 20.6. The van der Waals surface area contributed by atoms with Crippen molar-refractivity contribution in [3.05, 3.63) is 35.9 Å². The highest BCUT2D eigenvalue weighted by atomic mass is 17.2. The number of rotatable bonds is 13. The van der Waals surface area contributed by atoms with Crippen LogP contribution in [0.4, 0.5) is 0 Å². The van der Waals surface area contributed by atoms with Crippen LogP contribution < -0.4 is 0 Å². The van der Waals surface area contributed by atoms with Crippen LogP contribution in [0.5, 0.6) is 0 Å². The van der Waals surface area contributed by atoms with Crippen molar-refractivity contribution in [3.8, 4) is 0 Å². The van der Waals surface area contributed by atoms with Gasteiger partial charge in [-0.1, -0.05) is 62.4 Å². The van der Waals surface area contributed by atoms with E-state index in [2.05, 4.69) is 0 Å². The standard InChI is InChI=1S/C17H26O4/c18-17(19)13-9-4-2-1-3-5-10-14-20-21-15-16-11-7-6-8-12-16/h6-8,11-12H,1-5,9-10,13-15H2,(H,18,19). The van der Waals surface area contributed by atoms with Gasteiger partial charge in [0, 0.05) is 6.42 Å². The van der Waals surface area contributed by atoms with E-state index in [1.165, 1.54) is 12.8 Å². The van der Waals surface area contributed by atoms with Gasteiger partial charge in [-0.05, 0) is 18.4 Å². The van der Waals surface area contributed by atoms with Crippen LogP contribution in [-0.2, 0) is 21.2 Å². The monoisotopic (exact) mass is 294 g/mol. The molecule has 0 amide bonds. The van der Waals surface area contributed by atoms with E-state index in [4.69, 9.17) is 14.9 Å². The molecule has 1 N–H and O–H groups in total. The number of carbonyl (C=O) groups is 1. The maximum Gasteiger partial charge on any atom is 0.303 e. The average Bonchev–Trinajstić information content (AvgIpc) is 2.49. The van der Waals surface area contributed by atoms with Gasteiger partial charge in [-0.3, -0.25) is 4.79 Å². The molecule has 0 heterocycles. The fourth-order valence-electron chi connectivity index (χ4n) is 2.06. The zero-order valence-electron chi connectivity index (χ0n) is 12.6. The SMILES string of the molecule is O=C(O)CCCCCCCCCOOCc1ccccc1. The highest BCUT2D eigenvalue weighted by Gasteiger charge is 1.97. The van der Waals surface area contributed by atoms with Crippen LogP contribution in [0.25, 0.3) is 0 Å². The van der Waals surface area contributed by atoms with E-state index < -0.39 is 5.97 Å². The Hall–Kier alpha value is -1.39. The van der Waals surface area contributed by atoms with Crippen molar-refractivity contribution in [1.82, 2.24) is 0 Å². The van der Waals surface area contributed by atoms with Gasteiger partial charge in [0.05, 0.1) is 6.61 Å². The zero-order valence-corrected chi connectivity index (χ0v) is 12.6. The van der Waals surface area contributed by atoms with Crippen LogP contribution in [-0.4, -0.2) is 17.7 Å². The number of benzene rings is 1. The molecule has 21 heavy (non-hydrogen) atoms. The number of carboxylic acid groups (broad SMARTS) is 1. The van der Waals surface area contributed by atoms with Crippen LogP contribution in [0.3, 0.4) is 0 Å². The Bertz CT molecular complexity index is 364. The van der Waals surface area contributed by atoms with Crippen LogP contribution >= 0.6 is 0 Å². The summed E-state index contributed by atoms with van der Waals surface area (Å²) in [6, 6.07) is 9.96. The van der Waals surface area contributed by atoms with Gasteiger partial charge in [-0.25, -0.2) is 9.78 Å². The summed E-state index contributed by atoms with van der Waals surface area (Å²) in [6.45, 7) is 1.12. The Morgan fingerprint density at radius 2 is 1.48 bits per heavy atom. The molecule has 4 nitrogen and oxygen atoms in total. The summed E-state index contributed by atoms with van der Waals surface area (Å²) < 4.78 is 0. The fourth-order valence-corrected chi connectivity index (χ4v) is 2.06. The average molecular weight is 294 g/mol. The van der Waals surface area contributed by atoms with E-state index in [1.807, 2.05) is 30.3 Å². The Morgan fingerprint density at radius 1 is 0.857 bits per heavy atom. The molecule has 1 aromatic rings. The van der Waals surface area contributed by atoms with Crippen LogP contribution in [0, 0.1) is 0 Å². The summed E-state index contributed by atoms with van der Waals surface area (Å²) in [5.41, 5.74) is 1.11. The van der Waals surface area contributed by atoms with Crippen molar-refractivity contribution in [2.45, 2.75) is 58.0 Å². The molecule has 0 aliphatic carbocycles. The van der Waals surface area contributed by atoms with Gasteiger partial charge in [-0.15, -0.1) is 0 Å². The highest BCUT2D eigenvalue weighted by molar-refractivity contribution is 5.66. The lowest BCUT2D eigenvalue weighted by molar-refractivity contribution is -0.304. The largest absolute Gasteiger partial charge is 0.481 e. The quantitative estimate of drug-likeness (QED) is 0.334. The molecule has 0 aliphatic heterocycles. The first-order valence-corrected chi connectivity index (χ1v) is 7.79. The number of hydrogen-bond donors (Lipinski definition) is 1. The van der Waals surface area contributed by atoms with Crippen LogP contribution in [0.1, 0.15) is 56.9 Å². The maximum atomic E-state index is 10.3. The van der Waals surface area contributed by atoms with Crippen molar-refractivity contribution in [2.75, 3.05) is 6.61 Å². The van der Waals surface area contributed by atoms with Gasteiger partial charge < -0.3 is 5.11 Å². The Balaban J connectivity index is 1.78. The molecule has 4 heteroatoms. The number of hydrogen-bond acceptors (Lipinski definition) is 3. The predicted molar refractivity (Wildman–Crippen MR) is 81.8 cm³/mol. The maximum absolute atomic E-state index is 10.3. The van der Waals surface area contributed by atoms with Gasteiger partial charge in [0.15, 0.2) is 0 Å². The fraction of sp³-hybridized carbons (Fsp3) is 0.588. The molecule has 0 bridgehead atoms. The second kappa shape index (κ2) is 12.4. The summed E-state index contributed by atoms with van der Waals surface area (Å²) in [5, 5.41) is 8.50. The van der Waals surface area contributed by atoms with Gasteiger partial charge in [0.25, 0.3) is 0 Å². The second-order valence-corrected chi connectivity index (χ2v) is 5.19. The Kier molecular flexibility index (Phi) is 10.4. The molecule has 0 fully saturated rings. The lowest BCUT2D eigenvalue weighted by atomic mass is 10.1. The molecule has 0 atom stereocenters. The Morgan fingerprint density at radius 3 is 2.14 bits per heavy atom. The highest BCUT2D eigenvalue weighted by Crippen LogP contribution is 2.09. The number of carboxylic acids is 1. The van der Waals surface area contributed by atoms with E-state index in [-0.39, 0.29) is 0 Å². The predicted octanol–water partition coefficient (Wildman–Crippen LogP) is 4.34. The van der Waals surface area contributed by atoms with Crippen LogP contribution in [0.2, 0.25) is 0 Å². The molecular weight excluding hydrogens is 268 g/mol. The second-order valence-electron chi connectivity index (χ2n) is 5.19. The van der Waals surface area contributed by atoms with Crippen molar-refractivity contribution in [1.29, 1.82) is 0 Å².